The number of nitriles is 1. The van der Waals surface area contributed by atoms with E-state index in [0.717, 1.165) is 16.8 Å². The van der Waals surface area contributed by atoms with E-state index in [1.54, 1.807) is 22.9 Å². The fraction of sp³-hybridized carbons (Fsp3) is 0.226. The lowest BCUT2D eigenvalue weighted by Crippen LogP contribution is -2.34. The van der Waals surface area contributed by atoms with Gasteiger partial charge in [0.2, 0.25) is 5.43 Å². The maximum absolute atomic E-state index is 13.5. The van der Waals surface area contributed by atoms with E-state index in [1.807, 2.05) is 89.2 Å². The van der Waals surface area contributed by atoms with Crippen molar-refractivity contribution in [1.82, 2.24) is 14.9 Å². The van der Waals surface area contributed by atoms with Gasteiger partial charge in [-0.2, -0.15) is 5.26 Å². The summed E-state index contributed by atoms with van der Waals surface area (Å²) in [7, 11) is 0. The van der Waals surface area contributed by atoms with Gasteiger partial charge in [0.15, 0.2) is 0 Å². The minimum Gasteiger partial charge on any atom is -0.332 e. The predicted octanol–water partition coefficient (Wildman–Crippen LogP) is 6.10. The highest BCUT2D eigenvalue weighted by Gasteiger charge is 2.26. The lowest BCUT2D eigenvalue weighted by atomic mass is 9.86. The lowest BCUT2D eigenvalue weighted by molar-refractivity contribution is 0.0956. The van der Waals surface area contributed by atoms with E-state index in [4.69, 9.17) is 0 Å². The van der Waals surface area contributed by atoms with E-state index in [2.05, 4.69) is 16.4 Å². The second kappa shape index (κ2) is 10.2. The Morgan fingerprint density at radius 1 is 1.00 bits per heavy atom. The Hall–Kier alpha value is -4.50. The topological polar surface area (TPSA) is 87.8 Å². The van der Waals surface area contributed by atoms with Crippen LogP contribution in [-0.2, 0) is 6.54 Å². The summed E-state index contributed by atoms with van der Waals surface area (Å²) in [6.07, 6.45) is 1.55. The summed E-state index contributed by atoms with van der Waals surface area (Å²) in [6.45, 7) is 10.1. The minimum atomic E-state index is -0.571. The van der Waals surface area contributed by atoms with Crippen LogP contribution < -0.4 is 10.7 Å². The summed E-state index contributed by atoms with van der Waals surface area (Å²) in [4.78, 5) is 31.3. The molecule has 0 aliphatic heterocycles. The van der Waals surface area contributed by atoms with Crippen LogP contribution in [0.1, 0.15) is 49.3 Å². The maximum Gasteiger partial charge on any atom is 0.260 e. The fourth-order valence-electron chi connectivity index (χ4n) is 4.29. The molecule has 2 aromatic heterocycles. The fourth-order valence-corrected chi connectivity index (χ4v) is 4.29. The van der Waals surface area contributed by atoms with Crippen molar-refractivity contribution < 1.29 is 4.79 Å². The normalized spacial score (nSPS) is 12.1. The molecule has 0 bridgehead atoms. The molecular weight excluding hydrogens is 460 g/mol. The smallest absolute Gasteiger partial charge is 0.260 e. The zero-order valence-electron chi connectivity index (χ0n) is 21.8. The average Bonchev–Trinajstić information content (AvgIpc) is 2.89. The molecule has 0 fully saturated rings. The van der Waals surface area contributed by atoms with Gasteiger partial charge in [-0.1, -0.05) is 75.4 Å². The Labute approximate surface area is 216 Å². The molecule has 0 spiro atoms. The number of nitrogens with one attached hydrogen (secondary N) is 1. The number of aryl methyl sites for hydroxylation is 2. The van der Waals surface area contributed by atoms with E-state index in [0.29, 0.717) is 34.4 Å². The van der Waals surface area contributed by atoms with E-state index < -0.39 is 11.3 Å². The quantitative estimate of drug-likeness (QED) is 0.342. The summed E-state index contributed by atoms with van der Waals surface area (Å²) in [5, 5.41) is 13.5. The number of amides is 1. The average molecular weight is 491 g/mol. The first-order valence-electron chi connectivity index (χ1n) is 12.3. The highest BCUT2D eigenvalue weighted by molar-refractivity contribution is 5.99. The van der Waals surface area contributed by atoms with Crippen LogP contribution in [0.5, 0.6) is 0 Å². The molecule has 0 saturated carbocycles. The van der Waals surface area contributed by atoms with Crippen molar-refractivity contribution in [1.29, 1.82) is 5.26 Å². The number of carbonyl (C=O) groups excluding carboxylic acids is 1. The van der Waals surface area contributed by atoms with Crippen LogP contribution in [0.2, 0.25) is 0 Å². The molecule has 0 saturated heterocycles. The molecule has 37 heavy (non-hydrogen) atoms. The number of pyridine rings is 2. The van der Waals surface area contributed by atoms with Crippen molar-refractivity contribution in [3.63, 3.8) is 0 Å². The van der Waals surface area contributed by atoms with Crippen molar-refractivity contribution in [2.75, 3.05) is 0 Å². The molecule has 6 nitrogen and oxygen atoms in total. The Morgan fingerprint density at radius 3 is 2.24 bits per heavy atom. The second-order valence-corrected chi connectivity index (χ2v) is 9.99. The number of aromatic nitrogens is 2. The lowest BCUT2D eigenvalue weighted by Gasteiger charge is -2.26. The zero-order valence-corrected chi connectivity index (χ0v) is 21.8. The van der Waals surface area contributed by atoms with Crippen LogP contribution in [0, 0.1) is 23.7 Å². The Kier molecular flexibility index (Phi) is 7.08. The van der Waals surface area contributed by atoms with Gasteiger partial charge in [0.05, 0.1) is 11.0 Å². The van der Waals surface area contributed by atoms with Gasteiger partial charge in [-0.05, 0) is 42.7 Å². The number of hydrogen-bond donors (Lipinski definition) is 1. The van der Waals surface area contributed by atoms with E-state index >= 15 is 0 Å². The summed E-state index contributed by atoms with van der Waals surface area (Å²) >= 11 is 0. The molecule has 0 radical (unpaired) electrons. The Bertz CT molecular complexity index is 1600. The van der Waals surface area contributed by atoms with Gasteiger partial charge in [-0.15, -0.1) is 0 Å². The van der Waals surface area contributed by atoms with Crippen molar-refractivity contribution in [3.8, 4) is 17.2 Å². The van der Waals surface area contributed by atoms with Crippen molar-refractivity contribution in [2.45, 2.75) is 41.2 Å². The molecule has 2 heterocycles. The van der Waals surface area contributed by atoms with Crippen molar-refractivity contribution in [2.24, 2.45) is 5.41 Å². The first-order valence-corrected chi connectivity index (χ1v) is 12.3. The first kappa shape index (κ1) is 25.6. The van der Waals surface area contributed by atoms with Gasteiger partial charge >= 0.3 is 0 Å². The number of hydrogen-bond acceptors (Lipinski definition) is 4. The third kappa shape index (κ3) is 5.22. The Morgan fingerprint density at radius 2 is 1.65 bits per heavy atom. The molecular formula is C31H30N4O2. The van der Waals surface area contributed by atoms with Gasteiger partial charge in [0.1, 0.15) is 17.3 Å². The summed E-state index contributed by atoms with van der Waals surface area (Å²) in [5.74, 6) is -0.548. The third-order valence-corrected chi connectivity index (χ3v) is 6.28. The molecule has 0 unspecified atom stereocenters. The number of rotatable bonds is 5. The molecule has 0 aliphatic carbocycles. The van der Waals surface area contributed by atoms with Crippen LogP contribution in [-0.4, -0.2) is 15.5 Å². The molecule has 4 rings (SSSR count). The summed E-state index contributed by atoms with van der Waals surface area (Å²) in [6, 6.07) is 23.4. The monoisotopic (exact) mass is 490 g/mol. The van der Waals surface area contributed by atoms with Crippen LogP contribution >= 0.6 is 0 Å². The molecule has 186 valence electrons. The van der Waals surface area contributed by atoms with E-state index in [1.165, 1.54) is 0 Å². The van der Waals surface area contributed by atoms with Crippen LogP contribution in [0.25, 0.3) is 27.7 Å². The van der Waals surface area contributed by atoms with Crippen molar-refractivity contribution >= 4 is 22.5 Å². The number of carbonyl (C=O) groups is 1. The van der Waals surface area contributed by atoms with E-state index in [-0.39, 0.29) is 11.0 Å². The molecule has 4 aromatic rings. The predicted molar refractivity (Wildman–Crippen MR) is 148 cm³/mol. The molecule has 6 heteroatoms. The van der Waals surface area contributed by atoms with E-state index in [9.17, 15) is 14.9 Å². The SMILES string of the molecule is CCn1cc(C(=O)NC(=C(C#N)c2ccc(-c3ccccc3)cc2)C(C)(C)C)c(=O)c2ccc(C)nc21. The molecule has 2 aromatic carbocycles. The molecule has 1 N–H and O–H groups in total. The number of allylic oxidation sites excluding steroid dienone is 2. The van der Waals surface area contributed by atoms with Crippen LogP contribution in [0.3, 0.4) is 0 Å². The maximum atomic E-state index is 13.5. The van der Waals surface area contributed by atoms with Gasteiger partial charge < -0.3 is 9.88 Å². The van der Waals surface area contributed by atoms with Gasteiger partial charge in [0.25, 0.3) is 5.91 Å². The first-order chi connectivity index (χ1) is 17.6. The van der Waals surface area contributed by atoms with Gasteiger partial charge in [-0.25, -0.2) is 4.98 Å². The number of benzene rings is 2. The largest absolute Gasteiger partial charge is 0.332 e. The molecule has 0 aliphatic rings. The van der Waals surface area contributed by atoms with Gasteiger partial charge in [-0.3, -0.25) is 9.59 Å². The summed E-state index contributed by atoms with van der Waals surface area (Å²) in [5.41, 5.74) is 4.01. The van der Waals surface area contributed by atoms with Crippen LogP contribution in [0.15, 0.2) is 83.4 Å². The summed E-state index contributed by atoms with van der Waals surface area (Å²) < 4.78 is 1.80. The molecule has 0 atom stereocenters. The van der Waals surface area contributed by atoms with Crippen molar-refractivity contribution in [3.05, 3.63) is 106 Å². The molecule has 1 amide bonds. The van der Waals surface area contributed by atoms with Gasteiger partial charge in [0, 0.05) is 29.5 Å². The Balaban J connectivity index is 1.78. The zero-order chi connectivity index (χ0) is 26.7. The highest BCUT2D eigenvalue weighted by atomic mass is 16.2. The highest BCUT2D eigenvalue weighted by Crippen LogP contribution is 2.32. The number of nitrogens with zero attached hydrogens (tertiary/aromatic N) is 3. The third-order valence-electron chi connectivity index (χ3n) is 6.28. The standard InChI is InChI=1S/C31H30N4O2/c1-6-35-19-26(27(36)24-17-12-20(2)33-29(24)35)30(37)34-28(31(3,4)5)25(18-32)23-15-13-22(14-16-23)21-10-8-7-9-11-21/h7-17,19H,6H2,1-5H3,(H,34,37). The minimum absolute atomic E-state index is 0.0125. The number of fused-ring (bicyclic) bond motifs is 1. The van der Waals surface area contributed by atoms with Crippen LogP contribution in [0.4, 0.5) is 0 Å². The second-order valence-electron chi connectivity index (χ2n) is 9.99.